The Morgan fingerprint density at radius 3 is 2.50 bits per heavy atom. The standard InChI is InChI=1S/C18H22N4O6/c1-11(2)18(4,10-19)21-15(23)9-28-16(24)8-20-17(25)13-5-6-14(22(26)27)12(3)7-13/h5-7,11H,8-9H2,1-4H3,(H,20,25)(H,21,23). The van der Waals surface area contributed by atoms with Gasteiger partial charge in [-0.25, -0.2) is 0 Å². The van der Waals surface area contributed by atoms with Gasteiger partial charge in [0.05, 0.1) is 11.0 Å². The van der Waals surface area contributed by atoms with Crippen LogP contribution in [-0.2, 0) is 14.3 Å². The third-order valence-electron chi connectivity index (χ3n) is 4.20. The molecule has 1 aromatic carbocycles. The number of nitro groups is 1. The molecule has 0 aliphatic heterocycles. The number of hydrogen-bond acceptors (Lipinski definition) is 7. The van der Waals surface area contributed by atoms with Gasteiger partial charge in [-0.2, -0.15) is 5.26 Å². The van der Waals surface area contributed by atoms with Crippen molar-refractivity contribution >= 4 is 23.5 Å². The lowest BCUT2D eigenvalue weighted by Crippen LogP contribution is -2.50. The first-order chi connectivity index (χ1) is 13.0. The van der Waals surface area contributed by atoms with Gasteiger partial charge in [0.25, 0.3) is 17.5 Å². The van der Waals surface area contributed by atoms with E-state index >= 15 is 0 Å². The first kappa shape index (κ1) is 22.6. The highest BCUT2D eigenvalue weighted by Gasteiger charge is 2.30. The van der Waals surface area contributed by atoms with Crippen molar-refractivity contribution in [3.63, 3.8) is 0 Å². The zero-order chi connectivity index (χ0) is 21.5. The summed E-state index contributed by atoms with van der Waals surface area (Å²) in [4.78, 5) is 45.8. The van der Waals surface area contributed by atoms with E-state index in [-0.39, 0.29) is 17.2 Å². The van der Waals surface area contributed by atoms with Crippen LogP contribution in [-0.4, -0.2) is 41.4 Å². The minimum absolute atomic E-state index is 0.118. The summed E-state index contributed by atoms with van der Waals surface area (Å²) in [5.41, 5.74) is -0.753. The van der Waals surface area contributed by atoms with Crippen molar-refractivity contribution in [3.8, 4) is 6.07 Å². The number of rotatable bonds is 8. The quantitative estimate of drug-likeness (QED) is 0.385. The van der Waals surface area contributed by atoms with Crippen LogP contribution in [0.2, 0.25) is 0 Å². The highest BCUT2D eigenvalue weighted by Crippen LogP contribution is 2.18. The van der Waals surface area contributed by atoms with Crippen LogP contribution < -0.4 is 10.6 Å². The van der Waals surface area contributed by atoms with E-state index in [1.807, 2.05) is 6.07 Å². The fourth-order valence-electron chi connectivity index (χ4n) is 2.08. The number of nitriles is 1. The molecule has 0 heterocycles. The molecule has 1 unspecified atom stereocenters. The van der Waals surface area contributed by atoms with E-state index in [9.17, 15) is 24.5 Å². The number of nitrogens with zero attached hydrogens (tertiary/aromatic N) is 2. The first-order valence-electron chi connectivity index (χ1n) is 8.41. The summed E-state index contributed by atoms with van der Waals surface area (Å²) in [6.45, 7) is 5.52. The van der Waals surface area contributed by atoms with Crippen molar-refractivity contribution in [2.75, 3.05) is 13.2 Å². The highest BCUT2D eigenvalue weighted by molar-refractivity contribution is 5.96. The average molecular weight is 390 g/mol. The minimum Gasteiger partial charge on any atom is -0.454 e. The summed E-state index contributed by atoms with van der Waals surface area (Å²) >= 11 is 0. The van der Waals surface area contributed by atoms with Crippen molar-refractivity contribution in [1.29, 1.82) is 5.26 Å². The number of carbonyl (C=O) groups is 3. The maximum absolute atomic E-state index is 12.0. The molecule has 0 aliphatic rings. The zero-order valence-electron chi connectivity index (χ0n) is 16.1. The van der Waals surface area contributed by atoms with E-state index in [0.717, 1.165) is 0 Å². The molecule has 1 atom stereocenters. The van der Waals surface area contributed by atoms with Crippen LogP contribution in [0.5, 0.6) is 0 Å². The molecule has 150 valence electrons. The molecule has 10 heteroatoms. The van der Waals surface area contributed by atoms with Gasteiger partial charge in [-0.05, 0) is 31.9 Å². The van der Waals surface area contributed by atoms with Crippen molar-refractivity contribution in [3.05, 3.63) is 39.4 Å². The fraction of sp³-hybridized carbons (Fsp3) is 0.444. The lowest BCUT2D eigenvalue weighted by Gasteiger charge is -2.27. The minimum atomic E-state index is -1.09. The molecule has 1 rings (SSSR count). The third-order valence-corrected chi connectivity index (χ3v) is 4.20. The van der Waals surface area contributed by atoms with Crippen LogP contribution in [0, 0.1) is 34.3 Å². The predicted molar refractivity (Wildman–Crippen MR) is 98.1 cm³/mol. The maximum atomic E-state index is 12.0. The number of ether oxygens (including phenoxy) is 1. The lowest BCUT2D eigenvalue weighted by atomic mass is 9.90. The number of hydrogen-bond donors (Lipinski definition) is 2. The zero-order valence-corrected chi connectivity index (χ0v) is 16.1. The SMILES string of the molecule is Cc1cc(C(=O)NCC(=O)OCC(=O)NC(C)(C#N)C(C)C)ccc1[N+](=O)[O-]. The second kappa shape index (κ2) is 9.45. The molecule has 10 nitrogen and oxygen atoms in total. The molecule has 0 saturated heterocycles. The number of aryl methyl sites for hydroxylation is 1. The molecule has 1 aromatic rings. The second-order valence-electron chi connectivity index (χ2n) is 6.62. The fourth-order valence-corrected chi connectivity index (χ4v) is 2.08. The summed E-state index contributed by atoms with van der Waals surface area (Å²) in [5.74, 6) is -2.24. The van der Waals surface area contributed by atoms with Crippen LogP contribution in [0.1, 0.15) is 36.7 Å². The number of nitrogens with one attached hydrogen (secondary N) is 2. The topological polar surface area (TPSA) is 151 Å². The van der Waals surface area contributed by atoms with E-state index in [4.69, 9.17) is 10.00 Å². The number of nitro benzene ring substituents is 1. The van der Waals surface area contributed by atoms with Gasteiger partial charge in [-0.15, -0.1) is 0 Å². The van der Waals surface area contributed by atoms with E-state index in [1.165, 1.54) is 25.1 Å². The van der Waals surface area contributed by atoms with Gasteiger partial charge in [0.2, 0.25) is 0 Å². The van der Waals surface area contributed by atoms with Crippen LogP contribution in [0.3, 0.4) is 0 Å². The molecule has 0 fully saturated rings. The molecule has 0 bridgehead atoms. The Balaban J connectivity index is 2.51. The molecule has 0 aliphatic carbocycles. The van der Waals surface area contributed by atoms with E-state index in [0.29, 0.717) is 5.56 Å². The Morgan fingerprint density at radius 2 is 2.00 bits per heavy atom. The van der Waals surface area contributed by atoms with E-state index < -0.39 is 41.4 Å². The van der Waals surface area contributed by atoms with Gasteiger partial charge in [0, 0.05) is 17.2 Å². The summed E-state index contributed by atoms with van der Waals surface area (Å²) in [6, 6.07) is 5.81. The molecular formula is C18H22N4O6. The van der Waals surface area contributed by atoms with Crippen molar-refractivity contribution in [1.82, 2.24) is 10.6 Å². The normalized spacial score (nSPS) is 12.4. The predicted octanol–water partition coefficient (Wildman–Crippen LogP) is 1.23. The molecule has 2 N–H and O–H groups in total. The van der Waals surface area contributed by atoms with Crippen LogP contribution in [0.25, 0.3) is 0 Å². The third kappa shape index (κ3) is 6.05. The molecule has 28 heavy (non-hydrogen) atoms. The molecule has 2 amide bonds. The summed E-state index contributed by atoms with van der Waals surface area (Å²) < 4.78 is 4.77. The van der Waals surface area contributed by atoms with Crippen LogP contribution in [0.4, 0.5) is 5.69 Å². The van der Waals surface area contributed by atoms with Gasteiger partial charge >= 0.3 is 5.97 Å². The summed E-state index contributed by atoms with van der Waals surface area (Å²) in [6.07, 6.45) is 0. The molecule has 0 saturated carbocycles. The monoisotopic (exact) mass is 390 g/mol. The number of esters is 1. The molecule has 0 spiro atoms. The lowest BCUT2D eigenvalue weighted by molar-refractivity contribution is -0.385. The van der Waals surface area contributed by atoms with Gasteiger partial charge in [-0.1, -0.05) is 13.8 Å². The largest absolute Gasteiger partial charge is 0.454 e. The smallest absolute Gasteiger partial charge is 0.325 e. The molecular weight excluding hydrogens is 368 g/mol. The second-order valence-corrected chi connectivity index (χ2v) is 6.62. The first-order valence-corrected chi connectivity index (χ1v) is 8.41. The number of carbonyl (C=O) groups excluding carboxylic acids is 3. The van der Waals surface area contributed by atoms with Gasteiger partial charge in [0.15, 0.2) is 6.61 Å². The molecule has 0 radical (unpaired) electrons. The average Bonchev–Trinajstić information content (AvgIpc) is 2.63. The maximum Gasteiger partial charge on any atom is 0.325 e. The van der Waals surface area contributed by atoms with Gasteiger partial charge in [0.1, 0.15) is 12.1 Å². The van der Waals surface area contributed by atoms with E-state index in [1.54, 1.807) is 20.8 Å². The van der Waals surface area contributed by atoms with Crippen LogP contribution >= 0.6 is 0 Å². The van der Waals surface area contributed by atoms with Crippen LogP contribution in [0.15, 0.2) is 18.2 Å². The van der Waals surface area contributed by atoms with Crippen molar-refractivity contribution < 1.29 is 24.0 Å². The summed E-state index contributed by atoms with van der Waals surface area (Å²) in [5, 5.41) is 24.7. The Labute approximate surface area is 162 Å². The Morgan fingerprint density at radius 1 is 1.36 bits per heavy atom. The van der Waals surface area contributed by atoms with Crippen molar-refractivity contribution in [2.45, 2.75) is 33.2 Å². The summed E-state index contributed by atoms with van der Waals surface area (Å²) in [7, 11) is 0. The number of benzene rings is 1. The Hall–Kier alpha value is -3.48. The Kier molecular flexibility index (Phi) is 7.62. The number of amides is 2. The molecule has 0 aromatic heterocycles. The van der Waals surface area contributed by atoms with E-state index in [2.05, 4.69) is 10.6 Å². The van der Waals surface area contributed by atoms with Crippen molar-refractivity contribution in [2.24, 2.45) is 5.92 Å². The van der Waals surface area contributed by atoms with Gasteiger partial charge < -0.3 is 15.4 Å². The Bertz CT molecular complexity index is 830. The highest BCUT2D eigenvalue weighted by atomic mass is 16.6. The van der Waals surface area contributed by atoms with Gasteiger partial charge in [-0.3, -0.25) is 24.5 Å².